The van der Waals surface area contributed by atoms with E-state index >= 15 is 0 Å². The standard InChI is InChI=1S/C15H14/c1-11-10-12-6-2-3-8-14(12)15-9-5-4-7-13(11)15/h2-9,11H,10H2,1H3/t11-/m0/s1. The first-order valence-corrected chi connectivity index (χ1v) is 5.53. The lowest BCUT2D eigenvalue weighted by Crippen LogP contribution is -2.07. The monoisotopic (exact) mass is 194 g/mol. The molecule has 0 spiro atoms. The summed E-state index contributed by atoms with van der Waals surface area (Å²) in [6.07, 6.45) is 1.17. The van der Waals surface area contributed by atoms with Crippen molar-refractivity contribution in [3.63, 3.8) is 0 Å². The molecule has 0 bridgehead atoms. The zero-order valence-corrected chi connectivity index (χ0v) is 8.90. The van der Waals surface area contributed by atoms with Gasteiger partial charge in [0.05, 0.1) is 0 Å². The summed E-state index contributed by atoms with van der Waals surface area (Å²) >= 11 is 0. The van der Waals surface area contributed by atoms with Crippen LogP contribution in [-0.2, 0) is 6.42 Å². The Morgan fingerprint density at radius 3 is 2.40 bits per heavy atom. The van der Waals surface area contributed by atoms with Gasteiger partial charge >= 0.3 is 0 Å². The van der Waals surface area contributed by atoms with Gasteiger partial charge in [-0.25, -0.2) is 0 Å². The van der Waals surface area contributed by atoms with Gasteiger partial charge in [-0.2, -0.15) is 0 Å². The molecule has 2 aromatic rings. The molecular weight excluding hydrogens is 180 g/mol. The molecule has 0 heterocycles. The molecule has 74 valence electrons. The van der Waals surface area contributed by atoms with Gasteiger partial charge in [0, 0.05) is 0 Å². The number of fused-ring (bicyclic) bond motifs is 3. The van der Waals surface area contributed by atoms with Gasteiger partial charge in [-0.15, -0.1) is 0 Å². The van der Waals surface area contributed by atoms with Gasteiger partial charge in [-0.1, -0.05) is 55.5 Å². The van der Waals surface area contributed by atoms with Crippen LogP contribution in [-0.4, -0.2) is 0 Å². The summed E-state index contributed by atoms with van der Waals surface area (Å²) in [6, 6.07) is 17.5. The molecule has 0 amide bonds. The van der Waals surface area contributed by atoms with Crippen molar-refractivity contribution < 1.29 is 0 Å². The smallest absolute Gasteiger partial charge is 0.0144 e. The van der Waals surface area contributed by atoms with Crippen LogP contribution in [0.2, 0.25) is 0 Å². The van der Waals surface area contributed by atoms with E-state index in [0.717, 1.165) is 0 Å². The molecule has 1 atom stereocenters. The van der Waals surface area contributed by atoms with E-state index < -0.39 is 0 Å². The fourth-order valence-electron chi connectivity index (χ4n) is 2.57. The predicted molar refractivity (Wildman–Crippen MR) is 64.0 cm³/mol. The first-order valence-electron chi connectivity index (χ1n) is 5.53. The minimum absolute atomic E-state index is 0.649. The van der Waals surface area contributed by atoms with Crippen LogP contribution in [0.5, 0.6) is 0 Å². The fourth-order valence-corrected chi connectivity index (χ4v) is 2.57. The number of benzene rings is 2. The molecule has 15 heavy (non-hydrogen) atoms. The van der Waals surface area contributed by atoms with Gasteiger partial charge in [0.2, 0.25) is 0 Å². The van der Waals surface area contributed by atoms with Crippen LogP contribution in [0.3, 0.4) is 0 Å². The van der Waals surface area contributed by atoms with Crippen molar-refractivity contribution in [2.75, 3.05) is 0 Å². The van der Waals surface area contributed by atoms with Crippen LogP contribution in [0.25, 0.3) is 11.1 Å². The quantitative estimate of drug-likeness (QED) is 0.594. The van der Waals surface area contributed by atoms with E-state index in [9.17, 15) is 0 Å². The second-order valence-corrected chi connectivity index (χ2v) is 4.35. The van der Waals surface area contributed by atoms with Crippen molar-refractivity contribution in [1.29, 1.82) is 0 Å². The first-order chi connectivity index (χ1) is 7.36. The second kappa shape index (κ2) is 3.23. The molecule has 0 unspecified atom stereocenters. The van der Waals surface area contributed by atoms with E-state index in [4.69, 9.17) is 0 Å². The Balaban J connectivity index is 2.30. The molecular formula is C15H14. The molecule has 0 heteroatoms. The molecule has 1 aliphatic rings. The summed E-state index contributed by atoms with van der Waals surface area (Å²) in [5, 5.41) is 0. The normalized spacial score (nSPS) is 18.1. The lowest BCUT2D eigenvalue weighted by atomic mass is 9.80. The molecule has 0 saturated heterocycles. The average molecular weight is 194 g/mol. The number of hydrogen-bond acceptors (Lipinski definition) is 0. The van der Waals surface area contributed by atoms with Crippen LogP contribution in [0, 0.1) is 0 Å². The zero-order valence-electron chi connectivity index (χ0n) is 8.90. The highest BCUT2D eigenvalue weighted by molar-refractivity contribution is 5.73. The predicted octanol–water partition coefficient (Wildman–Crippen LogP) is 4.01. The van der Waals surface area contributed by atoms with Crippen molar-refractivity contribution >= 4 is 0 Å². The summed E-state index contributed by atoms with van der Waals surface area (Å²) in [5.74, 6) is 0.649. The average Bonchev–Trinajstić information content (AvgIpc) is 2.30. The fraction of sp³-hybridized carbons (Fsp3) is 0.200. The van der Waals surface area contributed by atoms with Crippen molar-refractivity contribution in [1.82, 2.24) is 0 Å². The van der Waals surface area contributed by atoms with Gasteiger partial charge in [0.1, 0.15) is 0 Å². The van der Waals surface area contributed by atoms with Crippen LogP contribution in [0.15, 0.2) is 48.5 Å². The highest BCUT2D eigenvalue weighted by Crippen LogP contribution is 2.38. The molecule has 0 N–H and O–H groups in total. The van der Waals surface area contributed by atoms with E-state index in [-0.39, 0.29) is 0 Å². The van der Waals surface area contributed by atoms with Crippen molar-refractivity contribution in [2.45, 2.75) is 19.3 Å². The Morgan fingerprint density at radius 1 is 0.867 bits per heavy atom. The second-order valence-electron chi connectivity index (χ2n) is 4.35. The van der Waals surface area contributed by atoms with Crippen molar-refractivity contribution in [3.8, 4) is 11.1 Å². The first kappa shape index (κ1) is 8.72. The maximum absolute atomic E-state index is 2.31. The third kappa shape index (κ3) is 1.29. The maximum Gasteiger partial charge on any atom is -0.0144 e. The summed E-state index contributed by atoms with van der Waals surface area (Å²) in [7, 11) is 0. The summed E-state index contributed by atoms with van der Waals surface area (Å²) < 4.78 is 0. The number of rotatable bonds is 0. The van der Waals surface area contributed by atoms with E-state index in [1.807, 2.05) is 0 Å². The number of hydrogen-bond donors (Lipinski definition) is 0. The minimum atomic E-state index is 0.649. The van der Waals surface area contributed by atoms with Crippen LogP contribution in [0.4, 0.5) is 0 Å². The SMILES string of the molecule is C[C@H]1Cc2ccccc2-c2ccccc21. The van der Waals surface area contributed by atoms with Crippen molar-refractivity contribution in [2.24, 2.45) is 0 Å². The van der Waals surface area contributed by atoms with Crippen LogP contribution in [0.1, 0.15) is 24.0 Å². The zero-order chi connectivity index (χ0) is 10.3. The molecule has 1 aliphatic carbocycles. The van der Waals surface area contributed by atoms with E-state index in [1.54, 1.807) is 0 Å². The highest BCUT2D eigenvalue weighted by atomic mass is 14.2. The van der Waals surface area contributed by atoms with Crippen LogP contribution >= 0.6 is 0 Å². The Bertz CT molecular complexity index is 497. The Labute approximate surface area is 90.6 Å². The lowest BCUT2D eigenvalue weighted by Gasteiger charge is -2.24. The van der Waals surface area contributed by atoms with Gasteiger partial charge in [0.15, 0.2) is 0 Å². The van der Waals surface area contributed by atoms with Gasteiger partial charge in [0.25, 0.3) is 0 Å². The summed E-state index contributed by atoms with van der Waals surface area (Å²) in [6.45, 7) is 2.31. The van der Waals surface area contributed by atoms with E-state index in [2.05, 4.69) is 55.5 Å². The van der Waals surface area contributed by atoms with Crippen molar-refractivity contribution in [3.05, 3.63) is 59.7 Å². The highest BCUT2D eigenvalue weighted by Gasteiger charge is 2.19. The summed E-state index contributed by atoms with van der Waals surface area (Å²) in [4.78, 5) is 0. The molecule has 0 aromatic heterocycles. The van der Waals surface area contributed by atoms with Gasteiger partial charge in [-0.05, 0) is 34.6 Å². The third-order valence-electron chi connectivity index (χ3n) is 3.33. The Hall–Kier alpha value is -1.56. The van der Waals surface area contributed by atoms with Gasteiger partial charge in [-0.3, -0.25) is 0 Å². The van der Waals surface area contributed by atoms with E-state index in [1.165, 1.54) is 28.7 Å². The molecule has 0 saturated carbocycles. The molecule has 0 fully saturated rings. The third-order valence-corrected chi connectivity index (χ3v) is 3.33. The maximum atomic E-state index is 2.31. The molecule has 0 aliphatic heterocycles. The molecule has 2 aromatic carbocycles. The lowest BCUT2D eigenvalue weighted by molar-refractivity contribution is 0.749. The van der Waals surface area contributed by atoms with Crippen LogP contribution < -0.4 is 0 Å². The largest absolute Gasteiger partial charge is 0.0620 e. The summed E-state index contributed by atoms with van der Waals surface area (Å²) in [5.41, 5.74) is 5.83. The van der Waals surface area contributed by atoms with E-state index in [0.29, 0.717) is 5.92 Å². The molecule has 0 nitrogen and oxygen atoms in total. The minimum Gasteiger partial charge on any atom is -0.0620 e. The molecule has 3 rings (SSSR count). The Morgan fingerprint density at radius 2 is 1.53 bits per heavy atom. The topological polar surface area (TPSA) is 0 Å². The van der Waals surface area contributed by atoms with Gasteiger partial charge < -0.3 is 0 Å². The molecule has 0 radical (unpaired) electrons. The Kier molecular flexibility index (Phi) is 1.88.